The average Bonchev–Trinajstić information content (AvgIpc) is 2.63. The minimum absolute atomic E-state index is 0.120. The number of rotatable bonds is 5. The van der Waals surface area contributed by atoms with E-state index in [9.17, 15) is 4.79 Å². The molecule has 0 radical (unpaired) electrons. The lowest BCUT2D eigenvalue weighted by molar-refractivity contribution is 0.0465. The molecule has 0 unspecified atom stereocenters. The zero-order valence-corrected chi connectivity index (χ0v) is 12.6. The molecule has 0 saturated heterocycles. The SMILES string of the molecule is Nc1cnc(Nc2cnc(C(=O)OCc3ccccc3)cn2)nc1. The van der Waals surface area contributed by atoms with Crippen LogP contribution in [0.5, 0.6) is 0 Å². The van der Waals surface area contributed by atoms with Crippen LogP contribution in [0.25, 0.3) is 0 Å². The van der Waals surface area contributed by atoms with Crippen LogP contribution >= 0.6 is 0 Å². The highest BCUT2D eigenvalue weighted by Gasteiger charge is 2.10. The molecule has 3 N–H and O–H groups in total. The van der Waals surface area contributed by atoms with Crippen LogP contribution in [0.3, 0.4) is 0 Å². The predicted molar refractivity (Wildman–Crippen MR) is 87.3 cm³/mol. The maximum atomic E-state index is 11.9. The zero-order valence-electron chi connectivity index (χ0n) is 12.6. The third-order valence-electron chi connectivity index (χ3n) is 2.99. The van der Waals surface area contributed by atoms with Crippen molar-refractivity contribution >= 4 is 23.4 Å². The van der Waals surface area contributed by atoms with Crippen LogP contribution in [0, 0.1) is 0 Å². The number of anilines is 3. The Morgan fingerprint density at radius 3 is 2.42 bits per heavy atom. The van der Waals surface area contributed by atoms with Crippen LogP contribution in [0.1, 0.15) is 16.1 Å². The topological polar surface area (TPSA) is 116 Å². The van der Waals surface area contributed by atoms with Crippen LogP contribution in [0.2, 0.25) is 0 Å². The first-order valence-electron chi connectivity index (χ1n) is 7.08. The van der Waals surface area contributed by atoms with Crippen LogP contribution in [-0.2, 0) is 11.3 Å². The molecule has 2 aromatic heterocycles. The Morgan fingerprint density at radius 2 is 1.75 bits per heavy atom. The molecular formula is C16H14N6O2. The number of hydrogen-bond donors (Lipinski definition) is 2. The summed E-state index contributed by atoms with van der Waals surface area (Å²) >= 11 is 0. The number of nitrogens with two attached hydrogens (primary N) is 1. The number of nitrogen functional groups attached to an aromatic ring is 1. The maximum Gasteiger partial charge on any atom is 0.358 e. The number of nitrogens with zero attached hydrogens (tertiary/aromatic N) is 4. The number of hydrogen-bond acceptors (Lipinski definition) is 8. The Kier molecular flexibility index (Phi) is 4.57. The Labute approximate surface area is 137 Å². The van der Waals surface area contributed by atoms with Crippen LogP contribution in [0.15, 0.2) is 55.1 Å². The molecule has 1 aromatic carbocycles. The lowest BCUT2D eigenvalue weighted by Gasteiger charge is -2.06. The monoisotopic (exact) mass is 322 g/mol. The van der Waals surface area contributed by atoms with Crippen molar-refractivity contribution in [1.29, 1.82) is 0 Å². The molecule has 3 rings (SSSR count). The Balaban J connectivity index is 1.59. The first-order chi connectivity index (χ1) is 11.7. The lowest BCUT2D eigenvalue weighted by atomic mass is 10.2. The third-order valence-corrected chi connectivity index (χ3v) is 2.99. The summed E-state index contributed by atoms with van der Waals surface area (Å²) in [6, 6.07) is 9.40. The summed E-state index contributed by atoms with van der Waals surface area (Å²) in [5, 5.41) is 2.85. The van der Waals surface area contributed by atoms with Gasteiger partial charge in [0.05, 0.1) is 30.5 Å². The molecule has 0 aliphatic rings. The van der Waals surface area contributed by atoms with E-state index in [0.717, 1.165) is 5.56 Å². The Bertz CT molecular complexity index is 806. The first-order valence-corrected chi connectivity index (χ1v) is 7.08. The van der Waals surface area contributed by atoms with Gasteiger partial charge in [0.2, 0.25) is 5.95 Å². The van der Waals surface area contributed by atoms with Crippen molar-refractivity contribution in [2.24, 2.45) is 0 Å². The number of carbonyl (C=O) groups excluding carboxylic acids is 1. The summed E-state index contributed by atoms with van der Waals surface area (Å²) in [5.74, 6) is 0.193. The second kappa shape index (κ2) is 7.14. The minimum Gasteiger partial charge on any atom is -0.456 e. The van der Waals surface area contributed by atoms with Gasteiger partial charge in [-0.15, -0.1) is 0 Å². The van der Waals surface area contributed by atoms with Crippen LogP contribution in [0.4, 0.5) is 17.5 Å². The quantitative estimate of drug-likeness (QED) is 0.685. The number of carbonyl (C=O) groups is 1. The van der Waals surface area contributed by atoms with Crippen molar-refractivity contribution in [3.63, 3.8) is 0 Å². The van der Waals surface area contributed by atoms with E-state index in [1.807, 2.05) is 30.3 Å². The normalized spacial score (nSPS) is 10.2. The number of aromatic nitrogens is 4. The molecule has 8 heteroatoms. The fraction of sp³-hybridized carbons (Fsp3) is 0.0625. The molecule has 24 heavy (non-hydrogen) atoms. The van der Waals surface area contributed by atoms with E-state index in [1.165, 1.54) is 24.8 Å². The van der Waals surface area contributed by atoms with Gasteiger partial charge in [0.25, 0.3) is 0 Å². The molecule has 0 spiro atoms. The highest BCUT2D eigenvalue weighted by atomic mass is 16.5. The second-order valence-corrected chi connectivity index (χ2v) is 4.81. The van der Waals surface area contributed by atoms with E-state index >= 15 is 0 Å². The minimum atomic E-state index is -0.540. The van der Waals surface area contributed by atoms with Crippen molar-refractivity contribution in [2.75, 3.05) is 11.1 Å². The van der Waals surface area contributed by atoms with Gasteiger partial charge in [-0.1, -0.05) is 30.3 Å². The van der Waals surface area contributed by atoms with Gasteiger partial charge in [-0.2, -0.15) is 0 Å². The van der Waals surface area contributed by atoms with Crippen molar-refractivity contribution < 1.29 is 9.53 Å². The van der Waals surface area contributed by atoms with E-state index in [4.69, 9.17) is 10.5 Å². The summed E-state index contributed by atoms with van der Waals surface area (Å²) in [4.78, 5) is 28.0. The van der Waals surface area contributed by atoms with Crippen molar-refractivity contribution in [3.8, 4) is 0 Å². The summed E-state index contributed by atoms with van der Waals surface area (Å²) in [5.41, 5.74) is 6.99. The molecule has 120 valence electrons. The zero-order chi connectivity index (χ0) is 16.8. The summed E-state index contributed by atoms with van der Waals surface area (Å²) in [6.45, 7) is 0.181. The van der Waals surface area contributed by atoms with Gasteiger partial charge < -0.3 is 15.8 Å². The van der Waals surface area contributed by atoms with Gasteiger partial charge >= 0.3 is 5.97 Å². The van der Waals surface area contributed by atoms with Crippen LogP contribution in [-0.4, -0.2) is 25.9 Å². The van der Waals surface area contributed by atoms with Crippen molar-refractivity contribution in [1.82, 2.24) is 19.9 Å². The fourth-order valence-corrected chi connectivity index (χ4v) is 1.81. The number of esters is 1. The molecule has 0 saturated carbocycles. The van der Waals surface area contributed by atoms with Gasteiger partial charge in [0.1, 0.15) is 6.61 Å². The molecule has 0 fully saturated rings. The average molecular weight is 322 g/mol. The van der Waals surface area contributed by atoms with E-state index in [-0.39, 0.29) is 12.3 Å². The highest BCUT2D eigenvalue weighted by Crippen LogP contribution is 2.10. The summed E-state index contributed by atoms with van der Waals surface area (Å²) in [7, 11) is 0. The largest absolute Gasteiger partial charge is 0.456 e. The number of benzene rings is 1. The molecule has 0 amide bonds. The molecule has 0 bridgehead atoms. The second-order valence-electron chi connectivity index (χ2n) is 4.81. The van der Waals surface area contributed by atoms with Gasteiger partial charge in [0, 0.05) is 0 Å². The van der Waals surface area contributed by atoms with Gasteiger partial charge in [-0.25, -0.2) is 24.7 Å². The van der Waals surface area contributed by atoms with Crippen molar-refractivity contribution in [3.05, 3.63) is 66.4 Å². The first kappa shape index (κ1) is 15.3. The van der Waals surface area contributed by atoms with Crippen molar-refractivity contribution in [2.45, 2.75) is 6.61 Å². The molecule has 2 heterocycles. The number of nitrogens with one attached hydrogen (secondary N) is 1. The molecule has 0 aliphatic carbocycles. The summed E-state index contributed by atoms with van der Waals surface area (Å²) in [6.07, 6.45) is 5.67. The van der Waals surface area contributed by atoms with E-state index in [2.05, 4.69) is 25.3 Å². The summed E-state index contributed by atoms with van der Waals surface area (Å²) < 4.78 is 5.19. The molecule has 3 aromatic rings. The van der Waals surface area contributed by atoms with E-state index in [1.54, 1.807) is 0 Å². The van der Waals surface area contributed by atoms with E-state index < -0.39 is 5.97 Å². The maximum absolute atomic E-state index is 11.9. The Morgan fingerprint density at radius 1 is 1.00 bits per heavy atom. The standard InChI is InChI=1S/C16H14N6O2/c17-12-6-20-16(21-7-12)22-14-9-18-13(8-19-14)15(23)24-10-11-4-2-1-3-5-11/h1-9H,10,17H2,(H,19,20,21,22). The Hall–Kier alpha value is -3.55. The molecule has 0 aliphatic heterocycles. The van der Waals surface area contributed by atoms with Gasteiger partial charge in [-0.3, -0.25) is 0 Å². The van der Waals surface area contributed by atoms with Crippen LogP contribution < -0.4 is 11.1 Å². The van der Waals surface area contributed by atoms with E-state index in [0.29, 0.717) is 17.5 Å². The lowest BCUT2D eigenvalue weighted by Crippen LogP contribution is -2.09. The van der Waals surface area contributed by atoms with Gasteiger partial charge in [0.15, 0.2) is 11.5 Å². The third kappa shape index (κ3) is 4.01. The smallest absolute Gasteiger partial charge is 0.358 e. The number of ether oxygens (including phenoxy) is 1. The van der Waals surface area contributed by atoms with Gasteiger partial charge in [-0.05, 0) is 5.56 Å². The molecule has 0 atom stereocenters. The molecule has 8 nitrogen and oxygen atoms in total. The predicted octanol–water partition coefficient (Wildman–Crippen LogP) is 1.95. The molecular weight excluding hydrogens is 308 g/mol. The highest BCUT2D eigenvalue weighted by molar-refractivity contribution is 5.86. The fourth-order valence-electron chi connectivity index (χ4n) is 1.81.